The van der Waals surface area contributed by atoms with Crippen molar-refractivity contribution in [2.45, 2.75) is 31.9 Å². The van der Waals surface area contributed by atoms with Crippen LogP contribution in [-0.2, 0) is 18.3 Å². The van der Waals surface area contributed by atoms with Gasteiger partial charge in [0.2, 0.25) is 0 Å². The number of aryl methyl sites for hydroxylation is 1. The minimum atomic E-state index is -1.72. The smallest absolute Gasteiger partial charge is 0.194 e. The normalized spacial score (nSPS) is 19.8. The minimum Gasteiger partial charge on any atom is -0.296 e. The lowest BCUT2D eigenvalue weighted by atomic mass is 9.87. The molecular weight excluding hydrogens is 367 g/mol. The number of fused-ring (bicyclic) bond motifs is 1. The van der Waals surface area contributed by atoms with E-state index in [1.807, 2.05) is 37.6 Å². The van der Waals surface area contributed by atoms with Gasteiger partial charge in [-0.05, 0) is 41.3 Å². The summed E-state index contributed by atoms with van der Waals surface area (Å²) in [5, 5.41) is 6.21. The number of hydrogen-bond donors (Lipinski definition) is 0. The zero-order chi connectivity index (χ0) is 20.2. The summed E-state index contributed by atoms with van der Waals surface area (Å²) in [6.07, 6.45) is 8.00. The number of aromatic nitrogens is 3. The Morgan fingerprint density at radius 2 is 1.93 bits per heavy atom. The lowest BCUT2D eigenvalue weighted by Crippen LogP contribution is -2.64. The van der Waals surface area contributed by atoms with Gasteiger partial charge in [-0.2, -0.15) is 5.10 Å². The molecule has 6 heteroatoms. The first-order chi connectivity index (χ1) is 13.8. The molecule has 1 saturated carbocycles. The van der Waals surface area contributed by atoms with Gasteiger partial charge in [0, 0.05) is 55.7 Å². The molecule has 1 aliphatic carbocycles. The fraction of sp³-hybridized carbons (Fsp3) is 0.435. The Labute approximate surface area is 169 Å². The number of alkyl halides is 1. The molecule has 0 atom stereocenters. The summed E-state index contributed by atoms with van der Waals surface area (Å²) < 4.78 is 16.8. The fourth-order valence-corrected chi connectivity index (χ4v) is 4.22. The van der Waals surface area contributed by atoms with Crippen LogP contribution in [0.15, 0.2) is 42.9 Å². The summed E-state index contributed by atoms with van der Waals surface area (Å²) >= 11 is 0. The van der Waals surface area contributed by atoms with Crippen LogP contribution in [0.4, 0.5) is 4.39 Å². The van der Waals surface area contributed by atoms with Gasteiger partial charge in [-0.3, -0.25) is 19.4 Å². The molecule has 1 aromatic carbocycles. The predicted octanol–water partition coefficient (Wildman–Crippen LogP) is 3.57. The van der Waals surface area contributed by atoms with E-state index in [0.29, 0.717) is 11.1 Å². The highest BCUT2D eigenvalue weighted by molar-refractivity contribution is 5.92. The number of likely N-dealkylation sites (tertiary alicyclic amines) is 1. The molecule has 0 radical (unpaired) electrons. The van der Waals surface area contributed by atoms with E-state index in [2.05, 4.69) is 28.0 Å². The highest BCUT2D eigenvalue weighted by Gasteiger charge is 2.52. The summed E-state index contributed by atoms with van der Waals surface area (Å²) in [6, 6.07) is 8.01. The average molecular weight is 392 g/mol. The highest BCUT2D eigenvalue weighted by Crippen LogP contribution is 2.47. The number of pyridine rings is 1. The monoisotopic (exact) mass is 392 g/mol. The molecule has 1 saturated heterocycles. The van der Waals surface area contributed by atoms with Gasteiger partial charge in [0.25, 0.3) is 0 Å². The highest BCUT2D eigenvalue weighted by atomic mass is 19.1. The van der Waals surface area contributed by atoms with E-state index in [4.69, 9.17) is 0 Å². The van der Waals surface area contributed by atoms with Gasteiger partial charge in [-0.1, -0.05) is 19.1 Å². The predicted molar refractivity (Wildman–Crippen MR) is 110 cm³/mol. The molecule has 2 aromatic heterocycles. The van der Waals surface area contributed by atoms with Crippen LogP contribution in [0.1, 0.15) is 25.5 Å². The van der Waals surface area contributed by atoms with E-state index >= 15 is 4.39 Å². The number of nitrogens with zero attached hydrogens (tertiary/aromatic N) is 4. The first-order valence-electron chi connectivity index (χ1n) is 10.1. The summed E-state index contributed by atoms with van der Waals surface area (Å²) in [5.41, 5.74) is 1.33. The Hall–Kier alpha value is -2.60. The van der Waals surface area contributed by atoms with Crippen molar-refractivity contribution >= 4 is 16.6 Å². The number of rotatable bonds is 6. The van der Waals surface area contributed by atoms with Gasteiger partial charge in [0.05, 0.1) is 12.6 Å². The molecule has 0 unspecified atom stereocenters. The van der Waals surface area contributed by atoms with Crippen LogP contribution in [-0.4, -0.2) is 50.8 Å². The van der Waals surface area contributed by atoms with E-state index in [1.165, 1.54) is 12.8 Å². The largest absolute Gasteiger partial charge is 0.296 e. The maximum Gasteiger partial charge on any atom is 0.194 e. The van der Waals surface area contributed by atoms with Gasteiger partial charge in [-0.25, -0.2) is 4.39 Å². The van der Waals surface area contributed by atoms with Crippen LogP contribution in [0.3, 0.4) is 0 Å². The van der Waals surface area contributed by atoms with Crippen molar-refractivity contribution in [2.75, 3.05) is 19.6 Å². The fourth-order valence-electron chi connectivity index (χ4n) is 4.22. The molecule has 29 heavy (non-hydrogen) atoms. The third kappa shape index (κ3) is 3.57. The summed E-state index contributed by atoms with van der Waals surface area (Å²) in [7, 11) is 1.89. The second-order valence-electron chi connectivity index (χ2n) is 9.16. The van der Waals surface area contributed by atoms with Crippen molar-refractivity contribution in [3.05, 3.63) is 48.5 Å². The van der Waals surface area contributed by atoms with E-state index in [0.717, 1.165) is 28.4 Å². The quantitative estimate of drug-likeness (QED) is 0.644. The lowest BCUT2D eigenvalue weighted by Gasteiger charge is -2.44. The van der Waals surface area contributed by atoms with Crippen molar-refractivity contribution in [2.24, 2.45) is 12.5 Å². The molecular formula is C23H25FN4O. The number of ketones is 1. The van der Waals surface area contributed by atoms with Crippen molar-refractivity contribution in [3.8, 4) is 11.1 Å². The molecule has 0 spiro atoms. The second-order valence-corrected chi connectivity index (χ2v) is 9.16. The van der Waals surface area contributed by atoms with Crippen LogP contribution >= 0.6 is 0 Å². The second kappa shape index (κ2) is 6.46. The summed E-state index contributed by atoms with van der Waals surface area (Å²) in [4.78, 5) is 19.1. The van der Waals surface area contributed by atoms with Crippen LogP contribution in [0.2, 0.25) is 0 Å². The van der Waals surface area contributed by atoms with Crippen molar-refractivity contribution < 1.29 is 9.18 Å². The average Bonchev–Trinajstić information content (AvgIpc) is 3.23. The third-order valence-corrected chi connectivity index (χ3v) is 6.32. The Kier molecular flexibility index (Phi) is 4.10. The summed E-state index contributed by atoms with van der Waals surface area (Å²) in [5.74, 6) is -0.357. The molecule has 0 bridgehead atoms. The van der Waals surface area contributed by atoms with Crippen molar-refractivity contribution in [1.82, 2.24) is 19.7 Å². The molecule has 1 aliphatic heterocycles. The van der Waals surface area contributed by atoms with E-state index in [1.54, 1.807) is 10.9 Å². The van der Waals surface area contributed by atoms with Gasteiger partial charge in [0.15, 0.2) is 11.5 Å². The zero-order valence-electron chi connectivity index (χ0n) is 16.9. The van der Waals surface area contributed by atoms with E-state index in [-0.39, 0.29) is 25.3 Å². The first-order valence-corrected chi connectivity index (χ1v) is 10.1. The number of halogens is 1. The molecule has 5 nitrogen and oxygen atoms in total. The van der Waals surface area contributed by atoms with Crippen LogP contribution in [0, 0.1) is 5.41 Å². The molecule has 0 N–H and O–H groups in total. The molecule has 2 fully saturated rings. The minimum absolute atomic E-state index is 0.0364. The number of Topliss-reactive ketones (excluding diaryl/α,β-unsaturated/α-hetero) is 1. The van der Waals surface area contributed by atoms with Crippen molar-refractivity contribution in [1.29, 1.82) is 0 Å². The van der Waals surface area contributed by atoms with Gasteiger partial charge in [0.1, 0.15) is 0 Å². The number of carbonyl (C=O) groups is 1. The SMILES string of the molecule is Cn1cc(-c2ccc3cnc(CC(=O)C4(F)CN(CC5(C)CC5)C4)cc3c2)cn1. The van der Waals surface area contributed by atoms with Crippen molar-refractivity contribution in [3.63, 3.8) is 0 Å². The number of carbonyl (C=O) groups excluding carboxylic acids is 1. The maximum atomic E-state index is 15.0. The Balaban J connectivity index is 1.30. The third-order valence-electron chi connectivity index (χ3n) is 6.32. The molecule has 3 aromatic rings. The number of benzene rings is 1. The molecule has 2 aliphatic rings. The van der Waals surface area contributed by atoms with E-state index < -0.39 is 5.67 Å². The van der Waals surface area contributed by atoms with Gasteiger partial charge < -0.3 is 0 Å². The van der Waals surface area contributed by atoms with Crippen LogP contribution in [0.5, 0.6) is 0 Å². The van der Waals surface area contributed by atoms with Crippen LogP contribution in [0.25, 0.3) is 21.9 Å². The lowest BCUT2D eigenvalue weighted by molar-refractivity contribution is -0.142. The zero-order valence-corrected chi connectivity index (χ0v) is 16.9. The Bertz CT molecular complexity index is 1100. The van der Waals surface area contributed by atoms with Crippen LogP contribution < -0.4 is 0 Å². The van der Waals surface area contributed by atoms with E-state index in [9.17, 15) is 4.79 Å². The van der Waals surface area contributed by atoms with Gasteiger partial charge in [-0.15, -0.1) is 0 Å². The Morgan fingerprint density at radius 1 is 1.14 bits per heavy atom. The molecule has 0 amide bonds. The Morgan fingerprint density at radius 3 is 2.62 bits per heavy atom. The first kappa shape index (κ1) is 18.4. The standard InChI is InChI=1S/C23H25FN4O/c1-22(5-6-22)13-28-14-23(24,15-28)21(29)9-20-8-18-7-16(3-4-17(18)10-25-20)19-11-26-27(2)12-19/h3-4,7-8,10-12H,5-6,9,13-15H2,1-2H3. The molecule has 150 valence electrons. The maximum absolute atomic E-state index is 15.0. The number of hydrogen-bond acceptors (Lipinski definition) is 4. The van der Waals surface area contributed by atoms with Gasteiger partial charge >= 0.3 is 0 Å². The molecule has 5 rings (SSSR count). The summed E-state index contributed by atoms with van der Waals surface area (Å²) in [6.45, 7) is 3.57. The molecule has 3 heterocycles. The topological polar surface area (TPSA) is 51.0 Å².